The average molecular weight is 375 g/mol. The minimum absolute atomic E-state index is 0.0535. The summed E-state index contributed by atoms with van der Waals surface area (Å²) in [7, 11) is 0. The Labute approximate surface area is 153 Å². The maximum absolute atomic E-state index is 13.9. The van der Waals surface area contributed by atoms with Gasteiger partial charge in [-0.3, -0.25) is 4.79 Å². The number of hydrogen-bond donors (Lipinski definition) is 3. The summed E-state index contributed by atoms with van der Waals surface area (Å²) in [5, 5.41) is 2.61. The average Bonchev–Trinajstić information content (AvgIpc) is 3.06. The summed E-state index contributed by atoms with van der Waals surface area (Å²) in [4.78, 5) is 27.2. The van der Waals surface area contributed by atoms with Gasteiger partial charge in [0.15, 0.2) is 17.3 Å². The van der Waals surface area contributed by atoms with Gasteiger partial charge in [0.1, 0.15) is 10.8 Å². The van der Waals surface area contributed by atoms with Crippen LogP contribution in [0, 0.1) is 5.82 Å². The van der Waals surface area contributed by atoms with Gasteiger partial charge in [-0.2, -0.15) is 0 Å². The zero-order valence-corrected chi connectivity index (χ0v) is 14.6. The Kier molecular flexibility index (Phi) is 5.13. The van der Waals surface area contributed by atoms with Crippen LogP contribution in [0.1, 0.15) is 29.5 Å². The molecular weight excluding hydrogens is 359 g/mol. The monoisotopic (exact) mass is 374 g/mol. The highest BCUT2D eigenvalue weighted by atomic mass is 35.5. The van der Waals surface area contributed by atoms with Gasteiger partial charge in [-0.25, -0.2) is 19.3 Å². The summed E-state index contributed by atoms with van der Waals surface area (Å²) in [6.07, 6.45) is 6.65. The zero-order valence-electron chi connectivity index (χ0n) is 13.8. The molecule has 0 aliphatic heterocycles. The van der Waals surface area contributed by atoms with Crippen LogP contribution in [0.5, 0.6) is 0 Å². The van der Waals surface area contributed by atoms with Gasteiger partial charge in [0.05, 0.1) is 5.52 Å². The Bertz CT molecular complexity index is 954. The number of rotatable bonds is 5. The number of aromatic nitrogens is 4. The lowest BCUT2D eigenvalue weighted by atomic mass is 10.2. The second-order valence-electron chi connectivity index (χ2n) is 5.70. The van der Waals surface area contributed by atoms with Gasteiger partial charge >= 0.3 is 0 Å². The molecule has 3 heterocycles. The van der Waals surface area contributed by atoms with E-state index in [1.165, 1.54) is 6.20 Å². The van der Waals surface area contributed by atoms with Gasteiger partial charge in [0, 0.05) is 24.0 Å². The van der Waals surface area contributed by atoms with Crippen molar-refractivity contribution in [3.8, 4) is 0 Å². The zero-order chi connectivity index (χ0) is 18.7. The van der Waals surface area contributed by atoms with Gasteiger partial charge in [-0.15, -0.1) is 0 Å². The van der Waals surface area contributed by atoms with Crippen molar-refractivity contribution in [1.82, 2.24) is 25.3 Å². The summed E-state index contributed by atoms with van der Waals surface area (Å²) < 4.78 is 13.9. The Morgan fingerprint density at radius 2 is 2.31 bits per heavy atom. The van der Waals surface area contributed by atoms with E-state index in [-0.39, 0.29) is 34.2 Å². The quantitative estimate of drug-likeness (QED) is 0.636. The summed E-state index contributed by atoms with van der Waals surface area (Å²) in [6, 6.07) is 3.35. The molecule has 0 radical (unpaired) electrons. The van der Waals surface area contributed by atoms with E-state index in [9.17, 15) is 9.18 Å². The van der Waals surface area contributed by atoms with Crippen LogP contribution in [0.2, 0.25) is 5.02 Å². The standard InChI is InChI=1S/C17H16ClFN6O/c1-9(4-2-5-10-8-22-14(20)12(18)13(10)19)23-17(26)16-24-11-6-3-7-21-15(11)25-16/h2-3,5-9H,4H2,1H3,(H2,20,22)(H,23,26)(H,21,24,25)/b5-2+/t9-/m0/s1. The van der Waals surface area contributed by atoms with Crippen molar-refractivity contribution in [1.29, 1.82) is 0 Å². The van der Waals surface area contributed by atoms with Crippen LogP contribution >= 0.6 is 11.6 Å². The first-order valence-electron chi connectivity index (χ1n) is 7.83. The first-order valence-corrected chi connectivity index (χ1v) is 8.21. The smallest absolute Gasteiger partial charge is 0.287 e. The molecule has 0 saturated carbocycles. The normalized spacial score (nSPS) is 12.6. The Morgan fingerprint density at radius 3 is 3.08 bits per heavy atom. The molecule has 0 saturated heterocycles. The van der Waals surface area contributed by atoms with Crippen molar-refractivity contribution in [2.45, 2.75) is 19.4 Å². The number of halogens is 2. The molecule has 0 aliphatic rings. The number of anilines is 1. The lowest BCUT2D eigenvalue weighted by Crippen LogP contribution is -2.32. The van der Waals surface area contributed by atoms with E-state index in [1.807, 2.05) is 6.92 Å². The van der Waals surface area contributed by atoms with Crippen LogP contribution in [-0.4, -0.2) is 31.9 Å². The predicted octanol–water partition coefficient (Wildman–Crippen LogP) is 2.95. The first-order chi connectivity index (χ1) is 12.5. The van der Waals surface area contributed by atoms with E-state index >= 15 is 0 Å². The van der Waals surface area contributed by atoms with Crippen molar-refractivity contribution in [3.63, 3.8) is 0 Å². The molecule has 9 heteroatoms. The van der Waals surface area contributed by atoms with Crippen molar-refractivity contribution >= 4 is 40.6 Å². The third-order valence-corrected chi connectivity index (χ3v) is 4.01. The van der Waals surface area contributed by atoms with E-state index in [4.69, 9.17) is 17.3 Å². The first kappa shape index (κ1) is 17.8. The SMILES string of the molecule is C[C@@H](C/C=C/c1cnc(N)c(Cl)c1F)NC(=O)c1nc2ncccc2[nH]1. The second-order valence-corrected chi connectivity index (χ2v) is 6.08. The van der Waals surface area contributed by atoms with Crippen molar-refractivity contribution in [2.24, 2.45) is 0 Å². The lowest BCUT2D eigenvalue weighted by molar-refractivity contribution is 0.0931. The number of carbonyl (C=O) groups excluding carboxylic acids is 1. The molecule has 0 bridgehead atoms. The lowest BCUT2D eigenvalue weighted by Gasteiger charge is -2.10. The van der Waals surface area contributed by atoms with E-state index in [0.717, 1.165) is 0 Å². The number of fused-ring (bicyclic) bond motifs is 1. The van der Waals surface area contributed by atoms with Crippen LogP contribution in [0.15, 0.2) is 30.6 Å². The third-order valence-electron chi connectivity index (χ3n) is 3.65. The van der Waals surface area contributed by atoms with E-state index < -0.39 is 5.82 Å². The summed E-state index contributed by atoms with van der Waals surface area (Å²) in [6.45, 7) is 1.83. The Hall–Kier alpha value is -3.00. The largest absolute Gasteiger partial charge is 0.382 e. The van der Waals surface area contributed by atoms with E-state index in [0.29, 0.717) is 17.6 Å². The molecule has 3 rings (SSSR count). The van der Waals surface area contributed by atoms with Crippen LogP contribution < -0.4 is 11.1 Å². The van der Waals surface area contributed by atoms with Crippen molar-refractivity contribution in [2.75, 3.05) is 5.73 Å². The summed E-state index contributed by atoms with van der Waals surface area (Å²) in [5.74, 6) is -0.827. The van der Waals surface area contributed by atoms with Crippen molar-refractivity contribution in [3.05, 3.63) is 52.8 Å². The number of nitrogens with two attached hydrogens (primary N) is 1. The number of carbonyl (C=O) groups is 1. The highest BCUT2D eigenvalue weighted by Gasteiger charge is 2.14. The maximum Gasteiger partial charge on any atom is 0.287 e. The molecule has 1 amide bonds. The molecule has 0 unspecified atom stereocenters. The second kappa shape index (κ2) is 7.49. The molecule has 3 aromatic rings. The molecule has 7 nitrogen and oxygen atoms in total. The number of H-pyrrole nitrogens is 1. The number of imidazole rings is 1. The van der Waals surface area contributed by atoms with Gasteiger partial charge in [-0.1, -0.05) is 23.8 Å². The fraction of sp³-hybridized carbons (Fsp3) is 0.176. The molecule has 0 aromatic carbocycles. The molecular formula is C17H16ClFN6O. The highest BCUT2D eigenvalue weighted by Crippen LogP contribution is 2.23. The van der Waals surface area contributed by atoms with Crippen LogP contribution in [-0.2, 0) is 0 Å². The number of pyridine rings is 2. The van der Waals surface area contributed by atoms with Gasteiger partial charge in [-0.05, 0) is 25.5 Å². The van der Waals surface area contributed by atoms with Gasteiger partial charge in [0.25, 0.3) is 5.91 Å². The number of nitrogens with zero attached hydrogens (tertiary/aromatic N) is 3. The number of amides is 1. The predicted molar refractivity (Wildman–Crippen MR) is 98.1 cm³/mol. The molecule has 0 fully saturated rings. The number of hydrogen-bond acceptors (Lipinski definition) is 5. The fourth-order valence-electron chi connectivity index (χ4n) is 2.31. The summed E-state index contributed by atoms with van der Waals surface area (Å²) in [5.41, 5.74) is 6.83. The summed E-state index contributed by atoms with van der Waals surface area (Å²) >= 11 is 5.73. The maximum atomic E-state index is 13.9. The van der Waals surface area contributed by atoms with Crippen LogP contribution in [0.4, 0.5) is 10.2 Å². The Morgan fingerprint density at radius 1 is 1.50 bits per heavy atom. The van der Waals surface area contributed by atoms with E-state index in [2.05, 4.69) is 25.3 Å². The van der Waals surface area contributed by atoms with Gasteiger partial charge in [0.2, 0.25) is 0 Å². The van der Waals surface area contributed by atoms with Crippen molar-refractivity contribution < 1.29 is 9.18 Å². The molecule has 0 spiro atoms. The Balaban J connectivity index is 1.61. The molecule has 134 valence electrons. The number of nitrogen functional groups attached to an aromatic ring is 1. The highest BCUT2D eigenvalue weighted by molar-refractivity contribution is 6.33. The van der Waals surface area contributed by atoms with Gasteiger partial charge < -0.3 is 16.0 Å². The van der Waals surface area contributed by atoms with Crippen LogP contribution in [0.25, 0.3) is 17.2 Å². The van der Waals surface area contributed by atoms with Crippen LogP contribution in [0.3, 0.4) is 0 Å². The molecule has 1 atom stereocenters. The third kappa shape index (κ3) is 3.80. The molecule has 0 aliphatic carbocycles. The molecule has 26 heavy (non-hydrogen) atoms. The minimum Gasteiger partial charge on any atom is -0.382 e. The minimum atomic E-state index is -0.623. The number of nitrogens with one attached hydrogen (secondary N) is 2. The van der Waals surface area contributed by atoms with E-state index in [1.54, 1.807) is 30.5 Å². The number of aromatic amines is 1. The topological polar surface area (TPSA) is 110 Å². The molecule has 4 N–H and O–H groups in total. The molecule has 3 aromatic heterocycles. The fourth-order valence-corrected chi connectivity index (χ4v) is 2.47.